The summed E-state index contributed by atoms with van der Waals surface area (Å²) in [4.78, 5) is 15.3. The molecule has 0 fully saturated rings. The van der Waals surface area contributed by atoms with Crippen molar-refractivity contribution < 1.29 is 4.79 Å². The summed E-state index contributed by atoms with van der Waals surface area (Å²) in [7, 11) is 0. The van der Waals surface area contributed by atoms with Gasteiger partial charge in [0, 0.05) is 12.4 Å². The van der Waals surface area contributed by atoms with E-state index < -0.39 is 0 Å². The lowest BCUT2D eigenvalue weighted by Gasteiger charge is -2.04. The molecule has 0 aromatic carbocycles. The zero-order chi connectivity index (χ0) is 11.4. The van der Waals surface area contributed by atoms with Crippen molar-refractivity contribution in [2.24, 2.45) is 0 Å². The molecule has 1 amide bonds. The van der Waals surface area contributed by atoms with Gasteiger partial charge in [0.05, 0.1) is 17.2 Å². The van der Waals surface area contributed by atoms with Crippen LogP contribution < -0.4 is 5.32 Å². The topological polar surface area (TPSA) is 59.8 Å². The van der Waals surface area contributed by atoms with Crippen molar-refractivity contribution in [3.63, 3.8) is 0 Å². The van der Waals surface area contributed by atoms with Crippen LogP contribution in [-0.2, 0) is 4.79 Å². The maximum absolute atomic E-state index is 11.1. The lowest BCUT2D eigenvalue weighted by molar-refractivity contribution is -0.113. The second-order valence-corrected chi connectivity index (χ2v) is 3.60. The lowest BCUT2D eigenvalue weighted by atomic mass is 10.4. The van der Waals surface area contributed by atoms with E-state index in [2.05, 4.69) is 31.3 Å². The van der Waals surface area contributed by atoms with E-state index in [4.69, 9.17) is 0 Å². The number of hydrogen-bond donors (Lipinski definition) is 1. The minimum Gasteiger partial charge on any atom is -0.324 e. The first-order chi connectivity index (χ1) is 7.79. The number of nitrogens with zero attached hydrogens (tertiary/aromatic N) is 3. The number of pyridine rings is 1. The van der Waals surface area contributed by atoms with E-state index in [0.29, 0.717) is 11.5 Å². The monoisotopic (exact) mass is 360 g/mol. The second-order valence-electron chi connectivity index (χ2n) is 3.04. The van der Waals surface area contributed by atoms with E-state index in [1.54, 1.807) is 35.4 Å². The minimum atomic E-state index is -0.103. The molecule has 7 heteroatoms. The fourth-order valence-electron chi connectivity index (χ4n) is 1.19. The Morgan fingerprint density at radius 3 is 2.82 bits per heavy atom. The van der Waals surface area contributed by atoms with E-state index >= 15 is 0 Å². The van der Waals surface area contributed by atoms with Crippen molar-refractivity contribution in [1.29, 1.82) is 0 Å². The van der Waals surface area contributed by atoms with E-state index in [1.165, 1.54) is 0 Å². The van der Waals surface area contributed by atoms with Gasteiger partial charge >= 0.3 is 0 Å². The lowest BCUT2D eigenvalue weighted by Crippen LogP contribution is -2.12. The van der Waals surface area contributed by atoms with Crippen LogP contribution in [0.15, 0.2) is 36.8 Å². The van der Waals surface area contributed by atoms with Gasteiger partial charge in [0.15, 0.2) is 5.82 Å². The summed E-state index contributed by atoms with van der Waals surface area (Å²) in [6.07, 6.45) is 5.08. The van der Waals surface area contributed by atoms with Gasteiger partial charge in [-0.2, -0.15) is 5.10 Å². The van der Waals surface area contributed by atoms with E-state index in [1.807, 2.05) is 6.07 Å². The summed E-state index contributed by atoms with van der Waals surface area (Å²) in [5, 5.41) is 7.01. The van der Waals surface area contributed by atoms with Gasteiger partial charge in [-0.3, -0.25) is 4.79 Å². The van der Waals surface area contributed by atoms with Gasteiger partial charge in [-0.15, -0.1) is 17.0 Å². The molecule has 0 saturated heterocycles. The summed E-state index contributed by atoms with van der Waals surface area (Å²) in [5.74, 6) is 0.607. The van der Waals surface area contributed by atoms with Crippen molar-refractivity contribution >= 4 is 44.5 Å². The van der Waals surface area contributed by atoms with Crippen LogP contribution in [-0.4, -0.2) is 26.0 Å². The highest BCUT2D eigenvalue weighted by Crippen LogP contribution is 2.08. The highest BCUT2D eigenvalue weighted by molar-refractivity contribution is 9.09. The summed E-state index contributed by atoms with van der Waals surface area (Å²) < 4.78 is 1.65. The zero-order valence-electron chi connectivity index (χ0n) is 8.71. The Morgan fingerprint density at radius 2 is 2.29 bits per heavy atom. The first-order valence-electron chi connectivity index (χ1n) is 4.61. The van der Waals surface area contributed by atoms with Crippen LogP contribution in [0.3, 0.4) is 0 Å². The number of rotatable bonds is 3. The summed E-state index contributed by atoms with van der Waals surface area (Å²) in [6, 6.07) is 5.39. The van der Waals surface area contributed by atoms with E-state index in [-0.39, 0.29) is 28.2 Å². The van der Waals surface area contributed by atoms with Crippen LogP contribution in [0, 0.1) is 0 Å². The molecule has 90 valence electrons. The Morgan fingerprint density at radius 1 is 1.47 bits per heavy atom. The molecule has 0 unspecified atom stereocenters. The Labute approximate surface area is 117 Å². The third kappa shape index (κ3) is 3.64. The standard InChI is InChI=1S/C10H9BrN4O.BrH/c11-6-10(16)14-8-2-3-9(12-7-8)15-5-1-4-13-15;/h1-5,7H,6H2,(H,14,16);1H. The predicted octanol–water partition coefficient (Wildman–Crippen LogP) is 2.18. The van der Waals surface area contributed by atoms with Gasteiger partial charge in [-0.1, -0.05) is 15.9 Å². The highest BCUT2D eigenvalue weighted by atomic mass is 79.9. The van der Waals surface area contributed by atoms with E-state index in [9.17, 15) is 4.79 Å². The number of halogens is 2. The molecule has 2 aromatic heterocycles. The summed E-state index contributed by atoms with van der Waals surface area (Å²) >= 11 is 3.07. The van der Waals surface area contributed by atoms with E-state index in [0.717, 1.165) is 0 Å². The first-order valence-corrected chi connectivity index (χ1v) is 5.73. The van der Waals surface area contributed by atoms with Gasteiger partial charge in [0.2, 0.25) is 5.91 Å². The van der Waals surface area contributed by atoms with Gasteiger partial charge in [0.1, 0.15) is 0 Å². The first kappa shape index (κ1) is 13.9. The molecular weight excluding hydrogens is 352 g/mol. The van der Waals surface area contributed by atoms with Crippen molar-refractivity contribution in [3.05, 3.63) is 36.8 Å². The molecule has 0 radical (unpaired) electrons. The third-order valence-electron chi connectivity index (χ3n) is 1.89. The summed E-state index contributed by atoms with van der Waals surface area (Å²) in [5.41, 5.74) is 0.667. The van der Waals surface area contributed by atoms with Crippen molar-refractivity contribution in [1.82, 2.24) is 14.8 Å². The molecule has 0 saturated carbocycles. The van der Waals surface area contributed by atoms with Crippen LogP contribution in [0.4, 0.5) is 5.69 Å². The van der Waals surface area contributed by atoms with Gasteiger partial charge in [-0.05, 0) is 18.2 Å². The van der Waals surface area contributed by atoms with Crippen molar-refractivity contribution in [2.75, 3.05) is 10.6 Å². The molecule has 2 heterocycles. The largest absolute Gasteiger partial charge is 0.324 e. The quantitative estimate of drug-likeness (QED) is 0.852. The fourth-order valence-corrected chi connectivity index (χ4v) is 1.33. The minimum absolute atomic E-state index is 0. The maximum atomic E-state index is 11.1. The molecule has 2 rings (SSSR count). The number of carbonyl (C=O) groups excluding carboxylic acids is 1. The molecular formula is C10H10Br2N4O. The zero-order valence-corrected chi connectivity index (χ0v) is 12.0. The Bertz CT molecular complexity index is 470. The molecule has 0 aliphatic carbocycles. The molecule has 5 nitrogen and oxygen atoms in total. The SMILES string of the molecule is Br.O=C(CBr)Nc1ccc(-n2cccn2)nc1. The number of anilines is 1. The molecule has 0 aliphatic rings. The Kier molecular flexibility index (Phi) is 5.30. The molecule has 0 aliphatic heterocycles. The number of carbonyl (C=O) groups is 1. The van der Waals surface area contributed by atoms with Crippen LogP contribution in [0.1, 0.15) is 0 Å². The average Bonchev–Trinajstić information content (AvgIpc) is 2.83. The van der Waals surface area contributed by atoms with Gasteiger partial charge in [-0.25, -0.2) is 9.67 Å². The van der Waals surface area contributed by atoms with Crippen molar-refractivity contribution in [2.45, 2.75) is 0 Å². The molecule has 0 spiro atoms. The van der Waals surface area contributed by atoms with Crippen LogP contribution >= 0.6 is 32.9 Å². The fraction of sp³-hybridized carbons (Fsp3) is 0.100. The second kappa shape index (κ2) is 6.51. The number of hydrogen-bond acceptors (Lipinski definition) is 3. The predicted molar refractivity (Wildman–Crippen MR) is 74.1 cm³/mol. The average molecular weight is 362 g/mol. The Balaban J connectivity index is 0.00000144. The molecule has 0 bridgehead atoms. The van der Waals surface area contributed by atoms with Crippen LogP contribution in [0.2, 0.25) is 0 Å². The number of amides is 1. The highest BCUT2D eigenvalue weighted by Gasteiger charge is 2.01. The number of aromatic nitrogens is 3. The van der Waals surface area contributed by atoms with Gasteiger partial charge in [0.25, 0.3) is 0 Å². The number of alkyl halides is 1. The Hall–Kier alpha value is -1.21. The van der Waals surface area contributed by atoms with Crippen molar-refractivity contribution in [3.8, 4) is 5.82 Å². The summed E-state index contributed by atoms with van der Waals surface area (Å²) in [6.45, 7) is 0. The number of nitrogens with one attached hydrogen (secondary N) is 1. The maximum Gasteiger partial charge on any atom is 0.235 e. The van der Waals surface area contributed by atoms with Crippen LogP contribution in [0.5, 0.6) is 0 Å². The molecule has 1 N–H and O–H groups in total. The third-order valence-corrected chi connectivity index (χ3v) is 2.40. The normalized spacial score (nSPS) is 9.47. The molecule has 17 heavy (non-hydrogen) atoms. The molecule has 2 aromatic rings. The molecule has 0 atom stereocenters. The van der Waals surface area contributed by atoms with Gasteiger partial charge < -0.3 is 5.32 Å². The smallest absolute Gasteiger partial charge is 0.235 e. The van der Waals surface area contributed by atoms with Crippen LogP contribution in [0.25, 0.3) is 5.82 Å².